The highest BCUT2D eigenvalue weighted by Crippen LogP contribution is 2.72. The maximum Gasteiger partial charge on any atom is 0.220 e. The van der Waals surface area contributed by atoms with Crippen LogP contribution in [0.1, 0.15) is 75.5 Å². The Balaban J connectivity index is 1.20. The van der Waals surface area contributed by atoms with E-state index in [0.717, 1.165) is 60.9 Å². The summed E-state index contributed by atoms with van der Waals surface area (Å²) in [5.74, 6) is 0.426. The first kappa shape index (κ1) is 35.8. The second-order valence-electron chi connectivity index (χ2n) is 17.3. The molecule has 2 aliphatic heterocycles. The highest BCUT2D eigenvalue weighted by molar-refractivity contribution is 6.04. The molecular formula is C47H53NO6. The number of hydrogen-bond donors (Lipinski definition) is 1. The molecule has 4 bridgehead atoms. The molecule has 0 amide bonds. The van der Waals surface area contributed by atoms with Crippen molar-refractivity contribution in [2.75, 3.05) is 27.0 Å². The van der Waals surface area contributed by atoms with Gasteiger partial charge >= 0.3 is 0 Å². The van der Waals surface area contributed by atoms with Crippen LogP contribution in [-0.4, -0.2) is 66.8 Å². The van der Waals surface area contributed by atoms with E-state index in [4.69, 9.17) is 14.2 Å². The van der Waals surface area contributed by atoms with Crippen molar-refractivity contribution in [3.05, 3.63) is 131 Å². The standard InChI is InChI=1S/C47H53NO6/c1-44-25-24-37(49)43-35(44)23-22-34-36-27-41(52-30-53-43)46(39-21-13-14-26-48(39)3,45(36,2)28-38(50)42(34)44)40(51)29-54-47(31-15-7-4-8-16-31,32-17-9-5-10-18-32)33-19-11-6-12-20-33/h4-12,15-20,24-25,34,36,38-39,41-42,50H,13-14,21-23,26-30H2,1-3H3/t34?,36?,38-,39?,41-,42+,44-,45-,46-/m0/s1. The molecule has 54 heavy (non-hydrogen) atoms. The third-order valence-electron chi connectivity index (χ3n) is 15.1. The van der Waals surface area contributed by atoms with E-state index < -0.39 is 34.1 Å². The zero-order valence-corrected chi connectivity index (χ0v) is 31.8. The Bertz CT molecular complexity index is 1860. The van der Waals surface area contributed by atoms with E-state index in [1.165, 1.54) is 0 Å². The lowest BCUT2D eigenvalue weighted by Gasteiger charge is -2.62. The fourth-order valence-electron chi connectivity index (χ4n) is 13.0. The van der Waals surface area contributed by atoms with Crippen LogP contribution in [-0.2, 0) is 29.4 Å². The van der Waals surface area contributed by atoms with Crippen molar-refractivity contribution in [3.8, 4) is 0 Å². The number of hydrogen-bond acceptors (Lipinski definition) is 7. The molecule has 9 rings (SSSR count). The number of ketones is 2. The third kappa shape index (κ3) is 5.00. The summed E-state index contributed by atoms with van der Waals surface area (Å²) in [6, 6.07) is 30.5. The summed E-state index contributed by atoms with van der Waals surface area (Å²) in [6.07, 6.45) is 8.19. The quantitative estimate of drug-likeness (QED) is 0.239. The van der Waals surface area contributed by atoms with E-state index in [1.54, 1.807) is 6.08 Å². The Labute approximate surface area is 319 Å². The molecule has 3 aromatic carbocycles. The van der Waals surface area contributed by atoms with Gasteiger partial charge < -0.3 is 24.2 Å². The van der Waals surface area contributed by atoms with Gasteiger partial charge in [-0.15, -0.1) is 0 Å². The molecule has 7 nitrogen and oxygen atoms in total. The number of rotatable bonds is 8. The predicted octanol–water partition coefficient (Wildman–Crippen LogP) is 7.62. The fourth-order valence-corrected chi connectivity index (χ4v) is 13.0. The molecule has 4 fully saturated rings. The summed E-state index contributed by atoms with van der Waals surface area (Å²) in [5, 5.41) is 12.6. The smallest absolute Gasteiger partial charge is 0.220 e. The minimum Gasteiger partial charge on any atom is -0.463 e. The lowest BCUT2D eigenvalue weighted by molar-refractivity contribution is -0.199. The summed E-state index contributed by atoms with van der Waals surface area (Å²) < 4.78 is 20.6. The molecule has 3 saturated carbocycles. The number of aliphatic hydroxyl groups excluding tert-OH is 1. The zero-order chi connectivity index (χ0) is 37.3. The number of fused-ring (bicyclic) bond motifs is 3. The third-order valence-corrected chi connectivity index (χ3v) is 15.1. The Morgan fingerprint density at radius 1 is 0.926 bits per heavy atom. The summed E-state index contributed by atoms with van der Waals surface area (Å²) in [4.78, 5) is 31.9. The first-order valence-electron chi connectivity index (χ1n) is 20.1. The van der Waals surface area contributed by atoms with Crippen molar-refractivity contribution in [2.24, 2.45) is 34.0 Å². The molecule has 7 heteroatoms. The van der Waals surface area contributed by atoms with E-state index in [1.807, 2.05) is 60.7 Å². The predicted molar refractivity (Wildman–Crippen MR) is 206 cm³/mol. The Hall–Kier alpha value is -3.88. The maximum atomic E-state index is 16.1. The summed E-state index contributed by atoms with van der Waals surface area (Å²) >= 11 is 0. The fraction of sp³-hybridized carbons (Fsp3) is 0.489. The van der Waals surface area contributed by atoms with Gasteiger partial charge in [0.25, 0.3) is 0 Å². The van der Waals surface area contributed by atoms with Gasteiger partial charge in [-0.25, -0.2) is 0 Å². The molecular weight excluding hydrogens is 675 g/mol. The van der Waals surface area contributed by atoms with Crippen LogP contribution in [0.15, 0.2) is 114 Å². The number of likely N-dealkylation sites (tertiary alicyclic amines) is 1. The van der Waals surface area contributed by atoms with Gasteiger partial charge in [-0.1, -0.05) is 117 Å². The molecule has 1 N–H and O–H groups in total. The SMILES string of the molecule is CN1CCCCC1[C@]1(C(=O)COC(c2ccccc2)(c2ccccc2)c2ccccc2)[C@@H]2CC3C4CCC5=C(OCO2)C(=O)C=C[C@]5(C)[C@H]4[C@@H](O)C[C@@]31C. The number of carbonyl (C=O) groups excluding carboxylic acids is 2. The Morgan fingerprint density at radius 2 is 1.56 bits per heavy atom. The Morgan fingerprint density at radius 3 is 2.17 bits per heavy atom. The van der Waals surface area contributed by atoms with Crippen LogP contribution in [0, 0.1) is 34.0 Å². The average Bonchev–Trinajstić information content (AvgIpc) is 3.42. The minimum atomic E-state index is -1.07. The molecule has 0 radical (unpaired) electrons. The number of ether oxygens (including phenoxy) is 3. The van der Waals surface area contributed by atoms with Crippen LogP contribution in [0.5, 0.6) is 0 Å². The molecule has 6 aliphatic rings. The summed E-state index contributed by atoms with van der Waals surface area (Å²) in [5.41, 5.74) is 0.641. The van der Waals surface area contributed by atoms with Gasteiger partial charge in [0, 0.05) is 17.4 Å². The maximum absolute atomic E-state index is 16.1. The van der Waals surface area contributed by atoms with Gasteiger partial charge in [0.2, 0.25) is 5.78 Å². The second-order valence-corrected chi connectivity index (χ2v) is 17.3. The summed E-state index contributed by atoms with van der Waals surface area (Å²) in [6.45, 7) is 5.11. The van der Waals surface area contributed by atoms with Gasteiger partial charge in [0.15, 0.2) is 18.3 Å². The van der Waals surface area contributed by atoms with Crippen LogP contribution in [0.3, 0.4) is 0 Å². The topological polar surface area (TPSA) is 85.3 Å². The molecule has 3 unspecified atom stereocenters. The number of piperidine rings is 1. The van der Waals surface area contributed by atoms with Crippen LogP contribution < -0.4 is 0 Å². The summed E-state index contributed by atoms with van der Waals surface area (Å²) in [7, 11) is 2.16. The number of aliphatic hydroxyl groups is 1. The molecule has 282 valence electrons. The number of allylic oxidation sites excluding steroid dienone is 3. The van der Waals surface area contributed by atoms with E-state index in [2.05, 4.69) is 62.2 Å². The van der Waals surface area contributed by atoms with Crippen LogP contribution in [0.4, 0.5) is 0 Å². The van der Waals surface area contributed by atoms with Gasteiger partial charge in [0.1, 0.15) is 12.2 Å². The molecule has 2 heterocycles. The number of carbonyl (C=O) groups is 2. The first-order valence-corrected chi connectivity index (χ1v) is 20.1. The molecule has 1 saturated heterocycles. The zero-order valence-electron chi connectivity index (χ0n) is 31.8. The lowest BCUT2D eigenvalue weighted by atomic mass is 9.43. The van der Waals surface area contributed by atoms with E-state index >= 15 is 4.79 Å². The van der Waals surface area contributed by atoms with E-state index in [-0.39, 0.29) is 48.8 Å². The molecule has 0 spiro atoms. The monoisotopic (exact) mass is 727 g/mol. The van der Waals surface area contributed by atoms with Crippen molar-refractivity contribution < 1.29 is 28.9 Å². The second kappa shape index (κ2) is 13.4. The van der Waals surface area contributed by atoms with Gasteiger partial charge in [0.05, 0.1) is 17.6 Å². The molecule has 0 aromatic heterocycles. The van der Waals surface area contributed by atoms with Gasteiger partial charge in [-0.05, 0) is 97.7 Å². The molecule has 4 aliphatic carbocycles. The number of benzene rings is 3. The van der Waals surface area contributed by atoms with Crippen molar-refractivity contribution >= 4 is 11.6 Å². The average molecular weight is 728 g/mol. The molecule has 3 aromatic rings. The highest BCUT2D eigenvalue weighted by atomic mass is 16.7. The van der Waals surface area contributed by atoms with Crippen molar-refractivity contribution in [1.29, 1.82) is 0 Å². The first-order chi connectivity index (χ1) is 26.2. The van der Waals surface area contributed by atoms with Crippen LogP contribution in [0.25, 0.3) is 0 Å². The molecule has 9 atom stereocenters. The van der Waals surface area contributed by atoms with Crippen molar-refractivity contribution in [3.63, 3.8) is 0 Å². The van der Waals surface area contributed by atoms with E-state index in [9.17, 15) is 9.90 Å². The highest BCUT2D eigenvalue weighted by Gasteiger charge is 2.75. The van der Waals surface area contributed by atoms with Crippen molar-refractivity contribution in [1.82, 2.24) is 4.90 Å². The lowest BCUT2D eigenvalue weighted by Crippen LogP contribution is -2.67. The van der Waals surface area contributed by atoms with Crippen LogP contribution >= 0.6 is 0 Å². The minimum absolute atomic E-state index is 0.0178. The van der Waals surface area contributed by atoms with Gasteiger partial charge in [-0.2, -0.15) is 0 Å². The number of Topliss-reactive ketones (excluding diaryl/α,β-unsaturated/α-hetero) is 1. The van der Waals surface area contributed by atoms with Gasteiger partial charge in [-0.3, -0.25) is 9.59 Å². The van der Waals surface area contributed by atoms with Crippen LogP contribution in [0.2, 0.25) is 0 Å². The largest absolute Gasteiger partial charge is 0.463 e. The van der Waals surface area contributed by atoms with Crippen molar-refractivity contribution in [2.45, 2.75) is 82.6 Å². The normalized spacial score (nSPS) is 36.2. The number of nitrogens with zero attached hydrogens (tertiary/aromatic N) is 1. The van der Waals surface area contributed by atoms with E-state index in [0.29, 0.717) is 18.6 Å². The Kier molecular flexibility index (Phi) is 8.89.